The summed E-state index contributed by atoms with van der Waals surface area (Å²) in [5.74, 6) is 0.819. The average Bonchev–Trinajstić information content (AvgIpc) is 2.38. The van der Waals surface area contributed by atoms with E-state index >= 15 is 0 Å². The fraction of sp³-hybridized carbons (Fsp3) is 0.625. The molecule has 0 radical (unpaired) electrons. The van der Waals surface area contributed by atoms with E-state index in [-0.39, 0.29) is 6.10 Å². The van der Waals surface area contributed by atoms with Gasteiger partial charge in [-0.3, -0.25) is 0 Å². The minimum Gasteiger partial charge on any atom is -0.388 e. The number of aliphatic hydroxyl groups is 1. The molecule has 2 nitrogen and oxygen atoms in total. The third kappa shape index (κ3) is 2.69. The molecule has 18 heavy (non-hydrogen) atoms. The average molecular weight is 247 g/mol. The van der Waals surface area contributed by atoms with Crippen LogP contribution in [-0.2, 0) is 0 Å². The summed E-state index contributed by atoms with van der Waals surface area (Å²) < 4.78 is 0. The summed E-state index contributed by atoms with van der Waals surface area (Å²) in [7, 11) is 0. The second kappa shape index (κ2) is 5.75. The van der Waals surface area contributed by atoms with E-state index < -0.39 is 0 Å². The topological polar surface area (TPSA) is 23.5 Å². The van der Waals surface area contributed by atoms with Crippen molar-refractivity contribution in [2.24, 2.45) is 5.92 Å². The Bertz CT molecular complexity index is 390. The third-order valence-electron chi connectivity index (χ3n) is 4.13. The number of piperidine rings is 1. The Kier molecular flexibility index (Phi) is 4.28. The van der Waals surface area contributed by atoms with Gasteiger partial charge in [0.15, 0.2) is 0 Å². The van der Waals surface area contributed by atoms with Gasteiger partial charge in [-0.1, -0.05) is 32.0 Å². The van der Waals surface area contributed by atoms with Crippen molar-refractivity contribution < 1.29 is 5.11 Å². The SMILES string of the molecule is CC[C@@H](O)c1ccccc1N1CCC(C)CC1C. The number of hydrogen-bond acceptors (Lipinski definition) is 2. The van der Waals surface area contributed by atoms with Crippen molar-refractivity contribution in [3.8, 4) is 0 Å². The van der Waals surface area contributed by atoms with Crippen LogP contribution in [0.15, 0.2) is 24.3 Å². The highest BCUT2D eigenvalue weighted by Crippen LogP contribution is 2.33. The van der Waals surface area contributed by atoms with E-state index in [1.54, 1.807) is 0 Å². The Hall–Kier alpha value is -1.02. The van der Waals surface area contributed by atoms with Gasteiger partial charge in [-0.2, -0.15) is 0 Å². The van der Waals surface area contributed by atoms with Gasteiger partial charge >= 0.3 is 0 Å². The number of rotatable bonds is 3. The number of hydrogen-bond donors (Lipinski definition) is 1. The number of aliphatic hydroxyl groups excluding tert-OH is 1. The van der Waals surface area contributed by atoms with Crippen molar-refractivity contribution in [1.82, 2.24) is 0 Å². The van der Waals surface area contributed by atoms with Crippen LogP contribution in [0.5, 0.6) is 0 Å². The van der Waals surface area contributed by atoms with Gasteiger partial charge in [-0.15, -0.1) is 0 Å². The van der Waals surface area contributed by atoms with Crippen LogP contribution in [0.1, 0.15) is 51.7 Å². The summed E-state index contributed by atoms with van der Waals surface area (Å²) in [6, 6.07) is 8.88. The Morgan fingerprint density at radius 3 is 2.72 bits per heavy atom. The number of para-hydroxylation sites is 1. The van der Waals surface area contributed by atoms with Crippen LogP contribution in [0.25, 0.3) is 0 Å². The quantitative estimate of drug-likeness (QED) is 0.879. The molecule has 100 valence electrons. The van der Waals surface area contributed by atoms with E-state index in [4.69, 9.17) is 0 Å². The lowest BCUT2D eigenvalue weighted by Crippen LogP contribution is -2.40. The first-order valence-corrected chi connectivity index (χ1v) is 7.17. The summed E-state index contributed by atoms with van der Waals surface area (Å²) in [5.41, 5.74) is 2.31. The van der Waals surface area contributed by atoms with E-state index in [0.717, 1.165) is 24.4 Å². The largest absolute Gasteiger partial charge is 0.388 e. The molecule has 0 amide bonds. The summed E-state index contributed by atoms with van der Waals surface area (Å²) >= 11 is 0. The molecule has 3 atom stereocenters. The minimum absolute atomic E-state index is 0.340. The third-order valence-corrected chi connectivity index (χ3v) is 4.13. The van der Waals surface area contributed by atoms with Crippen LogP contribution >= 0.6 is 0 Å². The van der Waals surface area contributed by atoms with Crippen LogP contribution in [-0.4, -0.2) is 17.7 Å². The lowest BCUT2D eigenvalue weighted by Gasteiger charge is -2.39. The molecule has 2 unspecified atom stereocenters. The van der Waals surface area contributed by atoms with Crippen molar-refractivity contribution in [1.29, 1.82) is 0 Å². The zero-order chi connectivity index (χ0) is 13.1. The molecule has 0 aromatic heterocycles. The molecule has 1 aromatic rings. The maximum absolute atomic E-state index is 10.2. The summed E-state index contributed by atoms with van der Waals surface area (Å²) in [6.07, 6.45) is 2.93. The van der Waals surface area contributed by atoms with Gasteiger partial charge in [-0.05, 0) is 38.2 Å². The Labute approximate surface area is 111 Å². The highest BCUT2D eigenvalue weighted by atomic mass is 16.3. The number of benzene rings is 1. The van der Waals surface area contributed by atoms with Gasteiger partial charge in [0.05, 0.1) is 6.10 Å². The predicted octanol–water partition coefficient (Wildman–Crippen LogP) is 3.75. The highest BCUT2D eigenvalue weighted by Gasteiger charge is 2.25. The van der Waals surface area contributed by atoms with Crippen LogP contribution in [0, 0.1) is 5.92 Å². The molecule has 2 heteroatoms. The Balaban J connectivity index is 2.27. The van der Waals surface area contributed by atoms with Gasteiger partial charge in [-0.25, -0.2) is 0 Å². The van der Waals surface area contributed by atoms with Crippen LogP contribution in [0.4, 0.5) is 5.69 Å². The molecule has 1 heterocycles. The van der Waals surface area contributed by atoms with Gasteiger partial charge in [0.1, 0.15) is 0 Å². The Morgan fingerprint density at radius 2 is 2.06 bits per heavy atom. The molecule has 1 N–H and O–H groups in total. The monoisotopic (exact) mass is 247 g/mol. The molecule has 1 saturated heterocycles. The maximum atomic E-state index is 10.2. The van der Waals surface area contributed by atoms with Crippen LogP contribution in [0.3, 0.4) is 0 Å². The maximum Gasteiger partial charge on any atom is 0.0807 e. The lowest BCUT2D eigenvalue weighted by atomic mass is 9.92. The molecule has 0 saturated carbocycles. The second-order valence-electron chi connectivity index (χ2n) is 5.65. The molecule has 0 aliphatic carbocycles. The molecule has 2 rings (SSSR count). The summed E-state index contributed by atoms with van der Waals surface area (Å²) in [5, 5.41) is 10.2. The first-order valence-electron chi connectivity index (χ1n) is 7.17. The smallest absolute Gasteiger partial charge is 0.0807 e. The van der Waals surface area contributed by atoms with Gasteiger partial charge < -0.3 is 10.0 Å². The molecular weight excluding hydrogens is 222 g/mol. The standard InChI is InChI=1S/C16H25NO/c1-4-16(18)14-7-5-6-8-15(14)17-10-9-12(2)11-13(17)3/h5-8,12-13,16,18H,4,9-11H2,1-3H3/t12?,13?,16-/m1/s1. The fourth-order valence-corrected chi connectivity index (χ4v) is 3.02. The van der Waals surface area contributed by atoms with Crippen molar-refractivity contribution in [2.45, 2.75) is 52.2 Å². The van der Waals surface area contributed by atoms with Gasteiger partial charge in [0.25, 0.3) is 0 Å². The molecule has 0 spiro atoms. The fourth-order valence-electron chi connectivity index (χ4n) is 3.02. The van der Waals surface area contributed by atoms with Crippen molar-refractivity contribution in [3.05, 3.63) is 29.8 Å². The molecule has 1 aliphatic rings. The second-order valence-corrected chi connectivity index (χ2v) is 5.65. The lowest BCUT2D eigenvalue weighted by molar-refractivity contribution is 0.173. The molecule has 0 bridgehead atoms. The normalized spacial score (nSPS) is 26.1. The van der Waals surface area contributed by atoms with E-state index in [0.29, 0.717) is 6.04 Å². The number of anilines is 1. The molecule has 1 fully saturated rings. The molecular formula is C16H25NO. The van der Waals surface area contributed by atoms with Gasteiger partial charge in [0.2, 0.25) is 0 Å². The van der Waals surface area contributed by atoms with Gasteiger partial charge in [0, 0.05) is 23.8 Å². The van der Waals surface area contributed by atoms with Crippen molar-refractivity contribution in [2.75, 3.05) is 11.4 Å². The summed E-state index contributed by atoms with van der Waals surface area (Å²) in [6.45, 7) is 7.77. The van der Waals surface area contributed by atoms with E-state index in [1.165, 1.54) is 18.5 Å². The van der Waals surface area contributed by atoms with Crippen LogP contribution in [0.2, 0.25) is 0 Å². The zero-order valence-corrected chi connectivity index (χ0v) is 11.8. The Morgan fingerprint density at radius 1 is 1.33 bits per heavy atom. The minimum atomic E-state index is -0.340. The van der Waals surface area contributed by atoms with E-state index in [1.807, 2.05) is 13.0 Å². The molecule has 1 aliphatic heterocycles. The first kappa shape index (κ1) is 13.4. The van der Waals surface area contributed by atoms with Crippen LogP contribution < -0.4 is 4.90 Å². The highest BCUT2D eigenvalue weighted by molar-refractivity contribution is 5.55. The number of nitrogens with zero attached hydrogens (tertiary/aromatic N) is 1. The predicted molar refractivity (Wildman–Crippen MR) is 76.9 cm³/mol. The van der Waals surface area contributed by atoms with Crippen molar-refractivity contribution in [3.63, 3.8) is 0 Å². The van der Waals surface area contributed by atoms with Crippen molar-refractivity contribution >= 4 is 5.69 Å². The zero-order valence-electron chi connectivity index (χ0n) is 11.8. The first-order chi connectivity index (χ1) is 8.63. The molecule has 1 aromatic carbocycles. The van der Waals surface area contributed by atoms with E-state index in [2.05, 4.69) is 36.9 Å². The van der Waals surface area contributed by atoms with E-state index in [9.17, 15) is 5.11 Å². The summed E-state index contributed by atoms with van der Waals surface area (Å²) in [4.78, 5) is 2.47.